The maximum Gasteiger partial charge on any atom is 0.134 e. The van der Waals surface area contributed by atoms with Crippen LogP contribution >= 0.6 is 0 Å². The minimum absolute atomic E-state index is 0.781. The van der Waals surface area contributed by atoms with E-state index in [-0.39, 0.29) is 0 Å². The zero-order valence-electron chi connectivity index (χ0n) is 11.3. The van der Waals surface area contributed by atoms with E-state index in [9.17, 15) is 0 Å². The second kappa shape index (κ2) is 6.54. The van der Waals surface area contributed by atoms with Crippen LogP contribution in [0.25, 0.3) is 0 Å². The van der Waals surface area contributed by atoms with Crippen molar-refractivity contribution >= 4 is 11.6 Å². The molecule has 1 aromatic heterocycles. The molecular formula is C13H22N4O. The molecule has 0 atom stereocenters. The predicted molar refractivity (Wildman–Crippen MR) is 73.2 cm³/mol. The summed E-state index contributed by atoms with van der Waals surface area (Å²) in [6.45, 7) is 8.57. The Balaban J connectivity index is 2.16. The molecule has 0 unspecified atom stereocenters. The highest BCUT2D eigenvalue weighted by Crippen LogP contribution is 2.17. The van der Waals surface area contributed by atoms with Gasteiger partial charge in [-0.05, 0) is 6.42 Å². The van der Waals surface area contributed by atoms with Crippen molar-refractivity contribution in [3.63, 3.8) is 0 Å². The molecule has 5 nitrogen and oxygen atoms in total. The first-order valence-electron chi connectivity index (χ1n) is 6.78. The number of ether oxygens (including phenoxy) is 1. The fraction of sp³-hybridized carbons (Fsp3) is 0.692. The zero-order valence-corrected chi connectivity index (χ0v) is 11.3. The van der Waals surface area contributed by atoms with Crippen LogP contribution in [0.15, 0.2) is 6.07 Å². The van der Waals surface area contributed by atoms with Crippen LogP contribution in [-0.4, -0.2) is 42.8 Å². The van der Waals surface area contributed by atoms with Gasteiger partial charge in [-0.15, -0.1) is 0 Å². The van der Waals surface area contributed by atoms with Gasteiger partial charge in [0.2, 0.25) is 0 Å². The Labute approximate surface area is 109 Å². The van der Waals surface area contributed by atoms with Gasteiger partial charge in [0.25, 0.3) is 0 Å². The molecular weight excluding hydrogens is 228 g/mol. The Hall–Kier alpha value is -1.36. The van der Waals surface area contributed by atoms with Crippen molar-refractivity contribution in [3.05, 3.63) is 11.9 Å². The molecule has 18 heavy (non-hydrogen) atoms. The molecule has 100 valence electrons. The third-order valence-corrected chi connectivity index (χ3v) is 2.97. The van der Waals surface area contributed by atoms with Crippen molar-refractivity contribution in [1.29, 1.82) is 0 Å². The first-order valence-corrected chi connectivity index (χ1v) is 6.78. The van der Waals surface area contributed by atoms with E-state index in [2.05, 4.69) is 34.0 Å². The Morgan fingerprint density at radius 1 is 1.28 bits per heavy atom. The topological polar surface area (TPSA) is 50.3 Å². The highest BCUT2D eigenvalue weighted by Gasteiger charge is 2.14. The molecule has 2 heterocycles. The average Bonchev–Trinajstić information content (AvgIpc) is 2.45. The Kier molecular flexibility index (Phi) is 4.75. The van der Waals surface area contributed by atoms with Crippen molar-refractivity contribution in [2.75, 3.05) is 43.1 Å². The lowest BCUT2D eigenvalue weighted by atomic mass is 10.3. The van der Waals surface area contributed by atoms with Gasteiger partial charge in [0.05, 0.1) is 13.2 Å². The lowest BCUT2D eigenvalue weighted by molar-refractivity contribution is 0.122. The van der Waals surface area contributed by atoms with E-state index < -0.39 is 0 Å². The summed E-state index contributed by atoms with van der Waals surface area (Å²) >= 11 is 0. The molecule has 2 rings (SSSR count). The SMILES string of the molecule is CCCNc1cc(N2CCOCC2)nc(CC)n1. The van der Waals surface area contributed by atoms with E-state index in [1.165, 1.54) is 0 Å². The third-order valence-electron chi connectivity index (χ3n) is 2.97. The van der Waals surface area contributed by atoms with Crippen LogP contribution in [0.2, 0.25) is 0 Å². The molecule has 1 aliphatic heterocycles. The summed E-state index contributed by atoms with van der Waals surface area (Å²) in [5.74, 6) is 2.85. The van der Waals surface area contributed by atoms with Gasteiger partial charge in [-0.25, -0.2) is 9.97 Å². The van der Waals surface area contributed by atoms with Crippen LogP contribution in [0.5, 0.6) is 0 Å². The van der Waals surface area contributed by atoms with Crippen LogP contribution in [0.3, 0.4) is 0 Å². The van der Waals surface area contributed by atoms with Crippen molar-refractivity contribution < 1.29 is 4.74 Å². The summed E-state index contributed by atoms with van der Waals surface area (Å²) in [6.07, 6.45) is 1.96. The fourth-order valence-corrected chi connectivity index (χ4v) is 1.94. The van der Waals surface area contributed by atoms with Crippen molar-refractivity contribution in [2.45, 2.75) is 26.7 Å². The minimum atomic E-state index is 0.781. The Morgan fingerprint density at radius 2 is 2.06 bits per heavy atom. The maximum absolute atomic E-state index is 5.37. The number of nitrogens with one attached hydrogen (secondary N) is 1. The maximum atomic E-state index is 5.37. The molecule has 1 saturated heterocycles. The largest absolute Gasteiger partial charge is 0.378 e. The zero-order chi connectivity index (χ0) is 12.8. The first-order chi connectivity index (χ1) is 8.83. The Morgan fingerprint density at radius 3 is 2.72 bits per heavy atom. The molecule has 1 fully saturated rings. The average molecular weight is 250 g/mol. The number of hydrogen-bond acceptors (Lipinski definition) is 5. The molecule has 5 heteroatoms. The Bertz CT molecular complexity index is 377. The standard InChI is InChI=1S/C13H22N4O/c1-3-5-14-12-10-13(16-11(4-2)15-12)17-6-8-18-9-7-17/h10H,3-9H2,1-2H3,(H,14,15,16). The van der Waals surface area contributed by atoms with Gasteiger partial charge < -0.3 is 15.0 Å². The third kappa shape index (κ3) is 3.32. The predicted octanol–water partition coefficient (Wildman–Crippen LogP) is 1.70. The number of rotatable bonds is 5. The quantitative estimate of drug-likeness (QED) is 0.862. The molecule has 1 N–H and O–H groups in total. The van der Waals surface area contributed by atoms with Crippen LogP contribution < -0.4 is 10.2 Å². The van der Waals surface area contributed by atoms with Crippen molar-refractivity contribution in [3.8, 4) is 0 Å². The number of aromatic nitrogens is 2. The second-order valence-electron chi connectivity index (χ2n) is 4.41. The highest BCUT2D eigenvalue weighted by atomic mass is 16.5. The van der Waals surface area contributed by atoms with E-state index >= 15 is 0 Å². The molecule has 1 aliphatic rings. The van der Waals surface area contributed by atoms with Crippen LogP contribution in [0, 0.1) is 0 Å². The first kappa shape index (κ1) is 13.1. The monoisotopic (exact) mass is 250 g/mol. The molecule has 0 spiro atoms. The van der Waals surface area contributed by atoms with E-state index in [4.69, 9.17) is 4.74 Å². The van der Waals surface area contributed by atoms with Crippen LogP contribution in [0.1, 0.15) is 26.1 Å². The lowest BCUT2D eigenvalue weighted by Gasteiger charge is -2.28. The number of morpholine rings is 1. The highest BCUT2D eigenvalue weighted by molar-refractivity contribution is 5.49. The molecule has 0 radical (unpaired) electrons. The number of aryl methyl sites for hydroxylation is 1. The molecule has 0 aliphatic carbocycles. The van der Waals surface area contributed by atoms with Crippen molar-refractivity contribution in [2.24, 2.45) is 0 Å². The summed E-state index contributed by atoms with van der Waals surface area (Å²) in [4.78, 5) is 11.4. The number of anilines is 2. The van der Waals surface area contributed by atoms with Gasteiger partial charge in [0.1, 0.15) is 17.5 Å². The number of hydrogen-bond donors (Lipinski definition) is 1. The van der Waals surface area contributed by atoms with Gasteiger partial charge in [-0.2, -0.15) is 0 Å². The fourth-order valence-electron chi connectivity index (χ4n) is 1.94. The summed E-state index contributed by atoms with van der Waals surface area (Å²) in [6, 6.07) is 2.04. The van der Waals surface area contributed by atoms with Crippen LogP contribution in [-0.2, 0) is 11.2 Å². The van der Waals surface area contributed by atoms with E-state index in [0.717, 1.165) is 63.1 Å². The van der Waals surface area contributed by atoms with E-state index in [1.807, 2.05) is 6.07 Å². The van der Waals surface area contributed by atoms with Gasteiger partial charge in [-0.1, -0.05) is 13.8 Å². The molecule has 0 aromatic carbocycles. The summed E-state index contributed by atoms with van der Waals surface area (Å²) in [5.41, 5.74) is 0. The van der Waals surface area contributed by atoms with Gasteiger partial charge in [0.15, 0.2) is 0 Å². The van der Waals surface area contributed by atoms with E-state index in [1.54, 1.807) is 0 Å². The summed E-state index contributed by atoms with van der Waals surface area (Å²) < 4.78 is 5.37. The second-order valence-corrected chi connectivity index (χ2v) is 4.41. The lowest BCUT2D eigenvalue weighted by Crippen LogP contribution is -2.37. The molecule has 0 saturated carbocycles. The van der Waals surface area contributed by atoms with Crippen molar-refractivity contribution in [1.82, 2.24) is 9.97 Å². The smallest absolute Gasteiger partial charge is 0.134 e. The summed E-state index contributed by atoms with van der Waals surface area (Å²) in [7, 11) is 0. The van der Waals surface area contributed by atoms with E-state index in [0.29, 0.717) is 0 Å². The minimum Gasteiger partial charge on any atom is -0.378 e. The molecule has 0 amide bonds. The summed E-state index contributed by atoms with van der Waals surface area (Å²) in [5, 5.41) is 3.34. The van der Waals surface area contributed by atoms with Crippen LogP contribution in [0.4, 0.5) is 11.6 Å². The molecule has 1 aromatic rings. The van der Waals surface area contributed by atoms with Gasteiger partial charge in [0, 0.05) is 32.1 Å². The van der Waals surface area contributed by atoms with Gasteiger partial charge in [-0.3, -0.25) is 0 Å². The molecule has 0 bridgehead atoms. The van der Waals surface area contributed by atoms with Gasteiger partial charge >= 0.3 is 0 Å². The number of nitrogens with zero attached hydrogens (tertiary/aromatic N) is 3. The normalized spacial score (nSPS) is 15.8.